The van der Waals surface area contributed by atoms with E-state index in [1.807, 2.05) is 0 Å². The molecule has 0 unspecified atom stereocenters. The van der Waals surface area contributed by atoms with Crippen LogP contribution in [0.5, 0.6) is 0 Å². The zero-order valence-corrected chi connectivity index (χ0v) is 8.93. The van der Waals surface area contributed by atoms with Gasteiger partial charge in [0.2, 0.25) is 5.91 Å². The van der Waals surface area contributed by atoms with Crippen molar-refractivity contribution in [3.8, 4) is 0 Å². The monoisotopic (exact) mass is 211 g/mol. The normalized spacial score (nSPS) is 3.12. The minimum absolute atomic E-state index is 0. The van der Waals surface area contributed by atoms with Gasteiger partial charge in [-0.05, 0) is 0 Å². The van der Waals surface area contributed by atoms with Gasteiger partial charge in [-0.15, -0.1) is 0 Å². The minimum atomic E-state index is -0.333. The van der Waals surface area contributed by atoms with Gasteiger partial charge in [0, 0.05) is 6.92 Å². The van der Waals surface area contributed by atoms with E-state index in [4.69, 9.17) is 0 Å². The van der Waals surface area contributed by atoms with Crippen molar-refractivity contribution < 1.29 is 54.6 Å². The Balaban J connectivity index is -0.00000000750. The fourth-order valence-electron chi connectivity index (χ4n) is 0. The molecule has 0 aliphatic carbocycles. The summed E-state index contributed by atoms with van der Waals surface area (Å²) in [6.45, 7) is 1.31. The molecule has 8 heavy (non-hydrogen) atoms. The Morgan fingerprint density at radius 3 is 1.38 bits per heavy atom. The van der Waals surface area contributed by atoms with Crippen LogP contribution in [-0.4, -0.2) is 11.4 Å². The van der Waals surface area contributed by atoms with Gasteiger partial charge < -0.3 is 36.0 Å². The summed E-state index contributed by atoms with van der Waals surface area (Å²) in [4.78, 5) is 9.22. The average molecular weight is 213 g/mol. The number of hydrogen-bond acceptors (Lipinski definition) is 1. The Bertz CT molecular complexity index is 41.0. The Morgan fingerprint density at radius 1 is 1.38 bits per heavy atom. The van der Waals surface area contributed by atoms with Crippen LogP contribution in [0.2, 0.25) is 0 Å². The smallest absolute Gasteiger partial charge is 1.00 e. The van der Waals surface area contributed by atoms with Crippen molar-refractivity contribution in [2.45, 2.75) is 6.92 Å². The molecule has 4 N–H and O–H groups in total. The SMILES string of the molecule is CC(N)=O.O.[Cl-].[Cl-].[Zn+2]. The van der Waals surface area contributed by atoms with Crippen LogP contribution in [0.1, 0.15) is 6.92 Å². The van der Waals surface area contributed by atoms with Crippen LogP contribution in [0.15, 0.2) is 0 Å². The van der Waals surface area contributed by atoms with Crippen molar-refractivity contribution in [1.29, 1.82) is 0 Å². The van der Waals surface area contributed by atoms with E-state index in [2.05, 4.69) is 5.73 Å². The molecule has 0 aromatic rings. The quantitative estimate of drug-likeness (QED) is 0.399. The molecule has 0 spiro atoms. The summed E-state index contributed by atoms with van der Waals surface area (Å²) < 4.78 is 0. The first-order chi connectivity index (χ1) is 1.73. The molecule has 0 rings (SSSR count). The fourth-order valence-corrected chi connectivity index (χ4v) is 0. The van der Waals surface area contributed by atoms with Crippen LogP contribution < -0.4 is 30.5 Å². The van der Waals surface area contributed by atoms with Gasteiger partial charge in [-0.25, -0.2) is 0 Å². The third kappa shape index (κ3) is 525. The third-order valence-corrected chi connectivity index (χ3v) is 0. The Morgan fingerprint density at radius 2 is 1.38 bits per heavy atom. The van der Waals surface area contributed by atoms with Crippen molar-refractivity contribution >= 4 is 5.91 Å². The van der Waals surface area contributed by atoms with E-state index in [9.17, 15) is 4.79 Å². The molecule has 0 saturated heterocycles. The summed E-state index contributed by atoms with van der Waals surface area (Å²) in [5.41, 5.74) is 4.47. The second kappa shape index (κ2) is 25.4. The van der Waals surface area contributed by atoms with E-state index >= 15 is 0 Å². The molecule has 3 nitrogen and oxygen atoms in total. The largest absolute Gasteiger partial charge is 2.00 e. The number of rotatable bonds is 0. The number of carbonyl (C=O) groups is 1. The Hall–Kier alpha value is 0.633. The molecular weight excluding hydrogens is 206 g/mol. The number of nitrogens with two attached hydrogens (primary N) is 1. The van der Waals surface area contributed by atoms with Crippen molar-refractivity contribution in [2.75, 3.05) is 0 Å². The minimum Gasteiger partial charge on any atom is -1.00 e. The van der Waals surface area contributed by atoms with Crippen LogP contribution in [0.4, 0.5) is 0 Å². The van der Waals surface area contributed by atoms with Crippen LogP contribution in [0.25, 0.3) is 0 Å². The van der Waals surface area contributed by atoms with Crippen molar-refractivity contribution in [2.24, 2.45) is 5.73 Å². The van der Waals surface area contributed by atoms with Crippen LogP contribution in [0.3, 0.4) is 0 Å². The molecule has 0 aromatic heterocycles. The predicted molar refractivity (Wildman–Crippen MR) is 18.5 cm³/mol. The summed E-state index contributed by atoms with van der Waals surface area (Å²) >= 11 is 0. The predicted octanol–water partition coefficient (Wildman–Crippen LogP) is -7.33. The van der Waals surface area contributed by atoms with E-state index in [1.54, 1.807) is 0 Å². The molecule has 1 amide bonds. The van der Waals surface area contributed by atoms with Gasteiger partial charge in [-0.3, -0.25) is 4.79 Å². The van der Waals surface area contributed by atoms with Crippen molar-refractivity contribution in [3.05, 3.63) is 0 Å². The summed E-state index contributed by atoms with van der Waals surface area (Å²) in [5.74, 6) is -0.333. The third-order valence-electron chi connectivity index (χ3n) is 0. The molecule has 0 bridgehead atoms. The number of hydrogen-bond donors (Lipinski definition) is 1. The molecule has 0 aromatic carbocycles. The van der Waals surface area contributed by atoms with Gasteiger partial charge in [-0.2, -0.15) is 0 Å². The van der Waals surface area contributed by atoms with Crippen molar-refractivity contribution in [3.63, 3.8) is 0 Å². The molecule has 0 radical (unpaired) electrons. The number of amides is 1. The van der Waals surface area contributed by atoms with Crippen molar-refractivity contribution in [1.82, 2.24) is 0 Å². The maximum Gasteiger partial charge on any atom is 2.00 e. The standard InChI is InChI=1S/C2H5NO.2ClH.H2O.Zn/c1-2(3)4;;;;/h1H3,(H2,3,4);2*1H;1H2;/q;;;;+2/p-2. The summed E-state index contributed by atoms with van der Waals surface area (Å²) in [6, 6.07) is 0. The molecule has 0 aliphatic rings. The molecule has 0 fully saturated rings. The number of halogens is 2. The first-order valence-corrected chi connectivity index (χ1v) is 0.993. The van der Waals surface area contributed by atoms with Gasteiger partial charge in [0.1, 0.15) is 0 Å². The van der Waals surface area contributed by atoms with Gasteiger partial charge >= 0.3 is 19.5 Å². The van der Waals surface area contributed by atoms with E-state index in [0.717, 1.165) is 0 Å². The Kier molecular flexibility index (Phi) is 121. The second-order valence-electron chi connectivity index (χ2n) is 0.611. The Labute approximate surface area is 73.3 Å². The molecular formula is C2H7Cl2NO2Zn. The molecule has 0 heterocycles. The summed E-state index contributed by atoms with van der Waals surface area (Å²) in [6.07, 6.45) is 0. The summed E-state index contributed by atoms with van der Waals surface area (Å²) in [5, 5.41) is 0. The number of primary amides is 1. The van der Waals surface area contributed by atoms with Gasteiger partial charge in [0.15, 0.2) is 0 Å². The fraction of sp³-hybridized carbons (Fsp3) is 0.500. The first kappa shape index (κ1) is 38.1. The molecule has 6 heteroatoms. The molecule has 0 saturated carbocycles. The van der Waals surface area contributed by atoms with Gasteiger partial charge in [0.25, 0.3) is 0 Å². The zero-order chi connectivity index (χ0) is 3.58. The zero-order valence-electron chi connectivity index (χ0n) is 4.45. The van der Waals surface area contributed by atoms with Crippen LogP contribution in [-0.2, 0) is 24.3 Å². The summed E-state index contributed by atoms with van der Waals surface area (Å²) in [7, 11) is 0. The van der Waals surface area contributed by atoms with E-state index < -0.39 is 0 Å². The van der Waals surface area contributed by atoms with Crippen LogP contribution in [0, 0.1) is 0 Å². The van der Waals surface area contributed by atoms with Gasteiger partial charge in [0.05, 0.1) is 0 Å². The molecule has 48 valence electrons. The topological polar surface area (TPSA) is 74.6 Å². The maximum atomic E-state index is 9.22. The average Bonchev–Trinajstić information content (AvgIpc) is 0.811. The second-order valence-corrected chi connectivity index (χ2v) is 0.611. The van der Waals surface area contributed by atoms with E-state index in [-0.39, 0.29) is 55.7 Å². The van der Waals surface area contributed by atoms with E-state index in [0.29, 0.717) is 0 Å². The van der Waals surface area contributed by atoms with Crippen LogP contribution >= 0.6 is 0 Å². The first-order valence-electron chi connectivity index (χ1n) is 0.993. The molecule has 0 aliphatic heterocycles. The number of carbonyl (C=O) groups excluding carboxylic acids is 1. The maximum absolute atomic E-state index is 9.22. The molecule has 0 atom stereocenters. The van der Waals surface area contributed by atoms with Gasteiger partial charge in [-0.1, -0.05) is 0 Å². The van der Waals surface area contributed by atoms with E-state index in [1.165, 1.54) is 6.92 Å².